The third-order valence-electron chi connectivity index (χ3n) is 9.35. The highest BCUT2D eigenvalue weighted by Crippen LogP contribution is 2.32. The molecule has 1 saturated carbocycles. The maximum atomic E-state index is 13.8. The van der Waals surface area contributed by atoms with Crippen LogP contribution in [0.15, 0.2) is 59.8 Å². The lowest BCUT2D eigenvalue weighted by Gasteiger charge is -2.35. The number of carbonyl (C=O) groups is 3. The standard InChI is InChI=1S/C39H57ClN4O3/c1-6-8-16-35(43-37(45)30(7-2)19-18-28(5)25-29-20-22-41-23-21-29)38(46)44-36(24-27(3)4)39(47)42-34-17-12-11-15-33(34)31-13-9-10-14-32(40)26-31/h7,9,13,18-19,26-27,29,32-36,41H,2,6,8,11-12,15-17,20-25H2,1,3-5H3,(H,42,47)(H,43,45)(H,44,46)/b28-18+,30-19+/t32?,33-,34?,35-,36?/m1/s1. The molecule has 2 fully saturated rings. The van der Waals surface area contributed by atoms with Gasteiger partial charge in [-0.1, -0.05) is 94.8 Å². The number of allylic oxidation sites excluding steroid dienone is 6. The maximum absolute atomic E-state index is 13.8. The average molecular weight is 665 g/mol. The molecule has 3 unspecified atom stereocenters. The van der Waals surface area contributed by atoms with E-state index in [1.54, 1.807) is 6.08 Å². The van der Waals surface area contributed by atoms with E-state index in [0.29, 0.717) is 24.3 Å². The van der Waals surface area contributed by atoms with E-state index in [4.69, 9.17) is 11.6 Å². The van der Waals surface area contributed by atoms with Crippen molar-refractivity contribution < 1.29 is 14.4 Å². The van der Waals surface area contributed by atoms with Gasteiger partial charge < -0.3 is 21.3 Å². The molecule has 0 radical (unpaired) electrons. The van der Waals surface area contributed by atoms with Gasteiger partial charge in [0.2, 0.25) is 11.8 Å². The van der Waals surface area contributed by atoms with Gasteiger partial charge in [0, 0.05) is 17.5 Å². The van der Waals surface area contributed by atoms with Gasteiger partial charge in [0.15, 0.2) is 0 Å². The van der Waals surface area contributed by atoms with Gasteiger partial charge >= 0.3 is 0 Å². The Bertz CT molecular complexity index is 1260. The quantitative estimate of drug-likeness (QED) is 0.0662. The van der Waals surface area contributed by atoms with Gasteiger partial charge in [0.1, 0.15) is 17.5 Å². The second kappa shape index (κ2) is 20.3. The summed E-state index contributed by atoms with van der Waals surface area (Å²) >= 11 is 6.38. The van der Waals surface area contributed by atoms with Crippen LogP contribution in [-0.2, 0) is 14.4 Å². The molecule has 0 aromatic heterocycles. The van der Waals surface area contributed by atoms with Crippen LogP contribution in [0.1, 0.15) is 98.3 Å². The van der Waals surface area contributed by atoms with Gasteiger partial charge in [-0.05, 0) is 94.5 Å². The second-order valence-electron chi connectivity index (χ2n) is 13.8. The molecule has 0 spiro atoms. The zero-order valence-electron chi connectivity index (χ0n) is 29.0. The highest BCUT2D eigenvalue weighted by atomic mass is 35.5. The first-order valence-electron chi connectivity index (χ1n) is 17.8. The molecule has 7 nitrogen and oxygen atoms in total. The van der Waals surface area contributed by atoms with Crippen LogP contribution in [0, 0.1) is 29.6 Å². The van der Waals surface area contributed by atoms with Crippen molar-refractivity contribution in [3.63, 3.8) is 0 Å². The molecule has 8 heteroatoms. The Kier molecular flexibility index (Phi) is 16.6. The Labute approximate surface area is 288 Å². The van der Waals surface area contributed by atoms with E-state index in [-0.39, 0.29) is 41.0 Å². The van der Waals surface area contributed by atoms with Crippen LogP contribution in [0.25, 0.3) is 0 Å². The van der Waals surface area contributed by atoms with Crippen molar-refractivity contribution >= 4 is 29.3 Å². The average Bonchev–Trinajstić information content (AvgIpc) is 3.27. The Morgan fingerprint density at radius 3 is 2.51 bits per heavy atom. The van der Waals surface area contributed by atoms with Crippen molar-refractivity contribution in [3.8, 4) is 11.8 Å². The highest BCUT2D eigenvalue weighted by molar-refractivity contribution is 6.23. The van der Waals surface area contributed by atoms with Gasteiger partial charge in [-0.2, -0.15) is 0 Å². The van der Waals surface area contributed by atoms with Gasteiger partial charge in [-0.15, -0.1) is 11.6 Å². The molecule has 3 amide bonds. The van der Waals surface area contributed by atoms with Crippen LogP contribution in [0.4, 0.5) is 0 Å². The predicted molar refractivity (Wildman–Crippen MR) is 194 cm³/mol. The van der Waals surface area contributed by atoms with Crippen LogP contribution >= 0.6 is 11.6 Å². The number of rotatable bonds is 16. The zero-order valence-corrected chi connectivity index (χ0v) is 29.8. The van der Waals surface area contributed by atoms with Crippen LogP contribution in [0.5, 0.6) is 0 Å². The molecular formula is C39H57ClN4O3. The summed E-state index contributed by atoms with van der Waals surface area (Å²) in [5.74, 6) is 6.02. The Morgan fingerprint density at radius 2 is 1.81 bits per heavy atom. The van der Waals surface area contributed by atoms with Gasteiger partial charge in [-0.3, -0.25) is 14.4 Å². The summed E-state index contributed by atoms with van der Waals surface area (Å²) in [6.45, 7) is 14.2. The van der Waals surface area contributed by atoms with E-state index in [0.717, 1.165) is 76.5 Å². The lowest BCUT2D eigenvalue weighted by Crippen LogP contribution is -2.56. The number of unbranched alkanes of at least 4 members (excludes halogenated alkanes) is 1. The number of carbonyl (C=O) groups excluding carboxylic acids is 3. The minimum Gasteiger partial charge on any atom is -0.351 e. The Morgan fingerprint density at radius 1 is 1.06 bits per heavy atom. The molecule has 3 aliphatic rings. The van der Waals surface area contributed by atoms with Crippen LogP contribution in [-0.4, -0.2) is 54.3 Å². The van der Waals surface area contributed by atoms with E-state index in [1.807, 2.05) is 38.2 Å². The SMILES string of the molecule is C=C/C(=C\C=C(/C)CC1CCNCC1)C(=O)N[C@H](CCCC)C(=O)NC(CC(C)C)C(=O)NC1CCCC[C@@H]1C1=CC(Cl)C#CC=C1. The molecule has 47 heavy (non-hydrogen) atoms. The molecule has 0 bridgehead atoms. The van der Waals surface area contributed by atoms with E-state index >= 15 is 0 Å². The summed E-state index contributed by atoms with van der Waals surface area (Å²) in [7, 11) is 0. The van der Waals surface area contributed by atoms with Crippen molar-refractivity contribution in [2.45, 2.75) is 122 Å². The summed E-state index contributed by atoms with van der Waals surface area (Å²) in [6.07, 6.45) is 21.0. The van der Waals surface area contributed by atoms with E-state index in [2.05, 4.69) is 53.5 Å². The first-order valence-corrected chi connectivity index (χ1v) is 18.2. The molecule has 1 saturated heterocycles. The van der Waals surface area contributed by atoms with Gasteiger partial charge in [0.05, 0.1) is 0 Å². The van der Waals surface area contributed by atoms with Crippen molar-refractivity contribution in [1.29, 1.82) is 0 Å². The lowest BCUT2D eigenvalue weighted by molar-refractivity contribution is -0.132. The number of amides is 3. The minimum atomic E-state index is -0.766. The molecule has 3 rings (SSSR count). The molecule has 5 atom stereocenters. The molecule has 1 aliphatic heterocycles. The fourth-order valence-electron chi connectivity index (χ4n) is 6.74. The summed E-state index contributed by atoms with van der Waals surface area (Å²) in [4.78, 5) is 40.9. The fourth-order valence-corrected chi connectivity index (χ4v) is 6.94. The van der Waals surface area contributed by atoms with Crippen molar-refractivity contribution in [3.05, 3.63) is 59.8 Å². The smallest absolute Gasteiger partial charge is 0.251 e. The monoisotopic (exact) mass is 664 g/mol. The number of hydrogen-bond donors (Lipinski definition) is 4. The normalized spacial score (nSPS) is 23.4. The third-order valence-corrected chi connectivity index (χ3v) is 9.58. The van der Waals surface area contributed by atoms with Crippen molar-refractivity contribution in [2.24, 2.45) is 17.8 Å². The minimum absolute atomic E-state index is 0.0668. The second-order valence-corrected chi connectivity index (χ2v) is 14.3. The van der Waals surface area contributed by atoms with E-state index in [9.17, 15) is 14.4 Å². The molecule has 1 heterocycles. The molecule has 0 aromatic carbocycles. The number of alkyl halides is 1. The summed E-state index contributed by atoms with van der Waals surface area (Å²) in [6, 6.07) is -1.55. The van der Waals surface area contributed by atoms with Gasteiger partial charge in [0.25, 0.3) is 5.91 Å². The Balaban J connectivity index is 1.70. The first kappa shape index (κ1) is 38.4. The number of piperidine rings is 1. The molecule has 2 aliphatic carbocycles. The van der Waals surface area contributed by atoms with Crippen molar-refractivity contribution in [1.82, 2.24) is 21.3 Å². The predicted octanol–water partition coefficient (Wildman–Crippen LogP) is 6.42. The number of halogens is 1. The first-order chi connectivity index (χ1) is 22.6. The molecule has 4 N–H and O–H groups in total. The van der Waals surface area contributed by atoms with Crippen molar-refractivity contribution in [2.75, 3.05) is 13.1 Å². The largest absolute Gasteiger partial charge is 0.351 e. The Hall–Kier alpha value is -3.08. The zero-order chi connectivity index (χ0) is 34.2. The van der Waals surface area contributed by atoms with Crippen LogP contribution < -0.4 is 21.3 Å². The van der Waals surface area contributed by atoms with Crippen LogP contribution in [0.2, 0.25) is 0 Å². The lowest BCUT2D eigenvalue weighted by atomic mass is 9.79. The van der Waals surface area contributed by atoms with E-state index < -0.39 is 12.1 Å². The third kappa shape index (κ3) is 13.2. The summed E-state index contributed by atoms with van der Waals surface area (Å²) < 4.78 is 0. The molecular weight excluding hydrogens is 608 g/mol. The topological polar surface area (TPSA) is 99.3 Å². The number of nitrogens with one attached hydrogen (secondary N) is 4. The maximum Gasteiger partial charge on any atom is 0.251 e. The summed E-state index contributed by atoms with van der Waals surface area (Å²) in [5.41, 5.74) is 2.71. The van der Waals surface area contributed by atoms with Gasteiger partial charge in [-0.25, -0.2) is 0 Å². The molecule has 258 valence electrons. The highest BCUT2D eigenvalue weighted by Gasteiger charge is 2.33. The number of hydrogen-bond acceptors (Lipinski definition) is 4. The molecule has 0 aromatic rings. The summed E-state index contributed by atoms with van der Waals surface area (Å²) in [5, 5.41) is 12.3. The van der Waals surface area contributed by atoms with Crippen LogP contribution in [0.3, 0.4) is 0 Å². The fraction of sp³-hybridized carbons (Fsp3) is 0.615. The van der Waals surface area contributed by atoms with E-state index in [1.165, 1.54) is 11.6 Å².